The monoisotopic (exact) mass is 212 g/mol. The highest BCUT2D eigenvalue weighted by Gasteiger charge is 2.08. The van der Waals surface area contributed by atoms with E-state index in [9.17, 15) is 4.79 Å². The second-order valence-electron chi connectivity index (χ2n) is 3.59. The molecule has 0 saturated heterocycles. The van der Waals surface area contributed by atoms with Crippen LogP contribution in [0.2, 0.25) is 0 Å². The Morgan fingerprint density at radius 3 is 2.80 bits per heavy atom. The molecule has 0 aromatic carbocycles. The van der Waals surface area contributed by atoms with Crippen LogP contribution < -0.4 is 11.3 Å². The molecule has 0 aliphatic carbocycles. The Morgan fingerprint density at radius 2 is 2.33 bits per heavy atom. The first-order chi connectivity index (χ1) is 7.13. The summed E-state index contributed by atoms with van der Waals surface area (Å²) in [4.78, 5) is 13.0. The molecule has 5 nitrogen and oxygen atoms in total. The highest BCUT2D eigenvalue weighted by atomic mass is 16.2. The summed E-state index contributed by atoms with van der Waals surface area (Å²) in [6.45, 7) is 6.44. The predicted molar refractivity (Wildman–Crippen MR) is 58.5 cm³/mol. The zero-order valence-electron chi connectivity index (χ0n) is 9.49. The number of carbonyl (C=O) groups is 1. The van der Waals surface area contributed by atoms with Gasteiger partial charge in [0.1, 0.15) is 0 Å². The third-order valence-corrected chi connectivity index (χ3v) is 2.24. The maximum absolute atomic E-state index is 10.9. The molecule has 86 valence electrons. The zero-order chi connectivity index (χ0) is 11.7. The number of hydrazine groups is 1. The van der Waals surface area contributed by atoms with Crippen LogP contribution in [-0.2, 0) is 4.79 Å². The van der Waals surface area contributed by atoms with E-state index >= 15 is 0 Å². The summed E-state index contributed by atoms with van der Waals surface area (Å²) in [5, 5.41) is 8.67. The molecule has 0 bridgehead atoms. The Hall–Kier alpha value is -1.12. The van der Waals surface area contributed by atoms with Crippen molar-refractivity contribution in [2.45, 2.75) is 26.7 Å². The molecule has 0 radical (unpaired) electrons. The topological polar surface area (TPSA) is 82.2 Å². The minimum absolute atomic E-state index is 0.0354. The maximum Gasteiger partial charge on any atom is 0.233 e. The number of hydrogen-bond donors (Lipinski definition) is 2. The lowest BCUT2D eigenvalue weighted by Crippen LogP contribution is -2.32. The van der Waals surface area contributed by atoms with Gasteiger partial charge < -0.3 is 4.90 Å². The smallest absolute Gasteiger partial charge is 0.233 e. The Morgan fingerprint density at radius 1 is 1.67 bits per heavy atom. The fraction of sp³-hybridized carbons (Fsp3) is 0.800. The van der Waals surface area contributed by atoms with Crippen LogP contribution in [0.4, 0.5) is 0 Å². The van der Waals surface area contributed by atoms with Gasteiger partial charge in [0.05, 0.1) is 12.0 Å². The van der Waals surface area contributed by atoms with Crippen LogP contribution in [0.25, 0.3) is 0 Å². The van der Waals surface area contributed by atoms with E-state index in [4.69, 9.17) is 11.1 Å². The number of nitriles is 1. The van der Waals surface area contributed by atoms with Gasteiger partial charge in [0, 0.05) is 13.0 Å². The fourth-order valence-electron chi connectivity index (χ4n) is 1.34. The zero-order valence-corrected chi connectivity index (χ0v) is 9.49. The Balaban J connectivity index is 3.71. The van der Waals surface area contributed by atoms with E-state index in [0.717, 1.165) is 26.1 Å². The molecule has 15 heavy (non-hydrogen) atoms. The molecule has 0 aromatic heterocycles. The summed E-state index contributed by atoms with van der Waals surface area (Å²) >= 11 is 0. The van der Waals surface area contributed by atoms with Crippen LogP contribution in [0, 0.1) is 17.2 Å². The number of hydrogen-bond acceptors (Lipinski definition) is 4. The fourth-order valence-corrected chi connectivity index (χ4v) is 1.34. The molecule has 0 fully saturated rings. The molecular formula is C10H20N4O. The molecule has 1 atom stereocenters. The summed E-state index contributed by atoms with van der Waals surface area (Å²) in [7, 11) is 0. The van der Waals surface area contributed by atoms with Crippen LogP contribution in [-0.4, -0.2) is 30.4 Å². The third-order valence-electron chi connectivity index (χ3n) is 2.24. The quantitative estimate of drug-likeness (QED) is 0.360. The molecule has 3 N–H and O–H groups in total. The Labute approximate surface area is 91.2 Å². The van der Waals surface area contributed by atoms with Crippen LogP contribution >= 0.6 is 0 Å². The van der Waals surface area contributed by atoms with E-state index in [1.807, 2.05) is 13.8 Å². The van der Waals surface area contributed by atoms with Gasteiger partial charge in [-0.05, 0) is 26.4 Å². The standard InChI is InChI=1S/C10H20N4O/c1-3-14(8-9(2)7-11)6-4-5-10(15)13-12/h9H,3-6,8,12H2,1-2H3,(H,13,15). The van der Waals surface area contributed by atoms with Crippen molar-refractivity contribution in [1.82, 2.24) is 10.3 Å². The first-order valence-electron chi connectivity index (χ1n) is 5.25. The summed E-state index contributed by atoms with van der Waals surface area (Å²) < 4.78 is 0. The van der Waals surface area contributed by atoms with Crippen molar-refractivity contribution in [1.29, 1.82) is 5.26 Å². The molecule has 0 aromatic rings. The van der Waals surface area contributed by atoms with Gasteiger partial charge in [0.25, 0.3) is 0 Å². The van der Waals surface area contributed by atoms with Crippen LogP contribution in [0.15, 0.2) is 0 Å². The van der Waals surface area contributed by atoms with Crippen molar-refractivity contribution in [2.75, 3.05) is 19.6 Å². The van der Waals surface area contributed by atoms with E-state index in [2.05, 4.69) is 16.4 Å². The molecular weight excluding hydrogens is 192 g/mol. The molecule has 0 aliphatic rings. The van der Waals surface area contributed by atoms with Gasteiger partial charge in [0.2, 0.25) is 5.91 Å². The number of nitrogens with one attached hydrogen (secondary N) is 1. The second kappa shape index (κ2) is 8.21. The van der Waals surface area contributed by atoms with Crippen LogP contribution in [0.1, 0.15) is 26.7 Å². The summed E-state index contributed by atoms with van der Waals surface area (Å²) in [5.41, 5.74) is 2.10. The highest BCUT2D eigenvalue weighted by molar-refractivity contribution is 5.75. The molecule has 0 rings (SSSR count). The van der Waals surface area contributed by atoms with E-state index in [-0.39, 0.29) is 11.8 Å². The number of nitrogens with two attached hydrogens (primary N) is 1. The number of amides is 1. The third kappa shape index (κ3) is 6.89. The lowest BCUT2D eigenvalue weighted by Gasteiger charge is -2.20. The second-order valence-corrected chi connectivity index (χ2v) is 3.59. The first kappa shape index (κ1) is 13.9. The van der Waals surface area contributed by atoms with Crippen LogP contribution in [0.3, 0.4) is 0 Å². The molecule has 1 amide bonds. The van der Waals surface area contributed by atoms with Gasteiger partial charge in [-0.1, -0.05) is 6.92 Å². The van der Waals surface area contributed by atoms with Crippen molar-refractivity contribution in [3.63, 3.8) is 0 Å². The SMILES string of the molecule is CCN(CCCC(=O)NN)CC(C)C#N. The van der Waals surface area contributed by atoms with Gasteiger partial charge in [-0.25, -0.2) is 5.84 Å². The Kier molecular flexibility index (Phi) is 7.60. The lowest BCUT2D eigenvalue weighted by atomic mass is 10.2. The minimum Gasteiger partial charge on any atom is -0.302 e. The van der Waals surface area contributed by atoms with Crippen molar-refractivity contribution in [2.24, 2.45) is 11.8 Å². The van der Waals surface area contributed by atoms with Crippen molar-refractivity contribution in [3.8, 4) is 6.07 Å². The Bertz CT molecular complexity index is 224. The molecule has 0 aliphatic heterocycles. The van der Waals surface area contributed by atoms with Gasteiger partial charge in [-0.3, -0.25) is 10.2 Å². The van der Waals surface area contributed by atoms with Crippen molar-refractivity contribution < 1.29 is 4.79 Å². The minimum atomic E-state index is -0.139. The predicted octanol–water partition coefficient (Wildman–Crippen LogP) is 0.238. The van der Waals surface area contributed by atoms with Crippen molar-refractivity contribution in [3.05, 3.63) is 0 Å². The maximum atomic E-state index is 10.9. The number of carbonyl (C=O) groups excluding carboxylic acids is 1. The normalized spacial score (nSPS) is 12.2. The molecule has 5 heteroatoms. The largest absolute Gasteiger partial charge is 0.302 e. The van der Waals surface area contributed by atoms with Gasteiger partial charge in [-0.2, -0.15) is 5.26 Å². The summed E-state index contributed by atoms with van der Waals surface area (Å²) in [6, 6.07) is 2.20. The van der Waals surface area contributed by atoms with E-state index in [1.165, 1.54) is 0 Å². The lowest BCUT2D eigenvalue weighted by molar-refractivity contribution is -0.121. The molecule has 0 spiro atoms. The van der Waals surface area contributed by atoms with Gasteiger partial charge in [-0.15, -0.1) is 0 Å². The molecule has 1 unspecified atom stereocenters. The van der Waals surface area contributed by atoms with Gasteiger partial charge >= 0.3 is 0 Å². The number of nitrogens with zero attached hydrogens (tertiary/aromatic N) is 2. The molecule has 0 heterocycles. The summed E-state index contributed by atoms with van der Waals surface area (Å²) in [6.07, 6.45) is 1.21. The first-order valence-corrected chi connectivity index (χ1v) is 5.25. The van der Waals surface area contributed by atoms with E-state index in [0.29, 0.717) is 6.42 Å². The average Bonchev–Trinajstić information content (AvgIpc) is 2.26. The number of rotatable bonds is 7. The summed E-state index contributed by atoms with van der Waals surface area (Å²) in [5.74, 6) is 4.86. The van der Waals surface area contributed by atoms with E-state index < -0.39 is 0 Å². The van der Waals surface area contributed by atoms with E-state index in [1.54, 1.807) is 0 Å². The van der Waals surface area contributed by atoms with Gasteiger partial charge in [0.15, 0.2) is 0 Å². The molecule has 0 saturated carbocycles. The highest BCUT2D eigenvalue weighted by Crippen LogP contribution is 2.00. The van der Waals surface area contributed by atoms with Crippen LogP contribution in [0.5, 0.6) is 0 Å². The average molecular weight is 212 g/mol. The van der Waals surface area contributed by atoms with Crippen molar-refractivity contribution >= 4 is 5.91 Å².